The molecule has 2 fully saturated rings. The fourth-order valence-corrected chi connectivity index (χ4v) is 4.96. The van der Waals surface area contributed by atoms with Gasteiger partial charge in [0.2, 0.25) is 12.2 Å². The second-order valence-corrected chi connectivity index (χ2v) is 10.3. The smallest absolute Gasteiger partial charge is 0.332 e. The summed E-state index contributed by atoms with van der Waals surface area (Å²) in [5.74, 6) is -1.37. The summed E-state index contributed by atoms with van der Waals surface area (Å²) < 4.78 is 30.6. The topological polar surface area (TPSA) is 130 Å². The van der Waals surface area contributed by atoms with E-state index in [4.69, 9.17) is 23.7 Å². The average molecular weight is 588 g/mol. The minimum absolute atomic E-state index is 0.110. The summed E-state index contributed by atoms with van der Waals surface area (Å²) in [6, 6.07) is 24.4. The lowest BCUT2D eigenvalue weighted by atomic mass is 9.95. The van der Waals surface area contributed by atoms with Crippen LogP contribution in [0, 0.1) is 0 Å². The van der Waals surface area contributed by atoms with Crippen LogP contribution < -0.4 is 10.1 Å². The molecule has 0 saturated carbocycles. The number of ketones is 1. The molecule has 0 radical (unpaired) electrons. The summed E-state index contributed by atoms with van der Waals surface area (Å²) in [5, 5.41) is 12.4. The molecule has 0 aliphatic carbocycles. The Morgan fingerprint density at radius 2 is 1.63 bits per heavy atom. The fourth-order valence-electron chi connectivity index (χ4n) is 4.96. The number of ether oxygens (including phenoxy) is 5. The van der Waals surface area contributed by atoms with Crippen LogP contribution in [0.5, 0.6) is 5.75 Å². The van der Waals surface area contributed by atoms with Crippen molar-refractivity contribution in [1.29, 1.82) is 0 Å². The van der Waals surface area contributed by atoms with E-state index >= 15 is 0 Å². The lowest BCUT2D eigenvalue weighted by Crippen LogP contribution is -2.68. The Kier molecular flexibility index (Phi) is 9.63. The second-order valence-electron chi connectivity index (χ2n) is 10.3. The van der Waals surface area contributed by atoms with Crippen LogP contribution in [-0.4, -0.2) is 66.1 Å². The number of fused-ring (bicyclic) bond motifs is 1. The Hall–Kier alpha value is -4.35. The number of carbonyl (C=O) groups is 3. The van der Waals surface area contributed by atoms with Crippen LogP contribution >= 0.6 is 0 Å². The molecule has 2 N–H and O–H groups in total. The lowest BCUT2D eigenvalue weighted by Gasteiger charge is -2.49. The lowest BCUT2D eigenvalue weighted by molar-refractivity contribution is -0.340. The third kappa shape index (κ3) is 7.54. The first kappa shape index (κ1) is 30.1. The van der Waals surface area contributed by atoms with Crippen LogP contribution in [0.2, 0.25) is 0 Å². The van der Waals surface area contributed by atoms with Crippen LogP contribution in [0.25, 0.3) is 6.08 Å². The summed E-state index contributed by atoms with van der Waals surface area (Å²) in [6.07, 6.45) is -2.23. The van der Waals surface area contributed by atoms with Gasteiger partial charge in [0.15, 0.2) is 18.2 Å². The highest BCUT2D eigenvalue weighted by molar-refractivity contribution is 6.06. The van der Waals surface area contributed by atoms with Crippen molar-refractivity contribution < 1.29 is 43.2 Å². The Balaban J connectivity index is 1.36. The predicted molar refractivity (Wildman–Crippen MR) is 155 cm³/mol. The van der Waals surface area contributed by atoms with Gasteiger partial charge in [-0.2, -0.15) is 0 Å². The number of carboxylic acid groups (broad SMARTS) is 1. The normalized spacial score (nSPS) is 25.8. The first-order valence-electron chi connectivity index (χ1n) is 14.0. The monoisotopic (exact) mass is 587 g/mol. The molecule has 3 aromatic rings. The highest BCUT2D eigenvalue weighted by atomic mass is 16.8. The van der Waals surface area contributed by atoms with Crippen LogP contribution in [0.3, 0.4) is 0 Å². The van der Waals surface area contributed by atoms with Gasteiger partial charge >= 0.3 is 5.97 Å². The third-order valence-corrected chi connectivity index (χ3v) is 7.11. The van der Waals surface area contributed by atoms with Crippen molar-refractivity contribution >= 4 is 23.7 Å². The first-order chi connectivity index (χ1) is 20.8. The fraction of sp³-hybridized carbons (Fsp3) is 0.303. The van der Waals surface area contributed by atoms with E-state index in [0.717, 1.165) is 11.1 Å². The van der Waals surface area contributed by atoms with E-state index in [1.807, 2.05) is 60.7 Å². The molecule has 2 aliphatic rings. The molecule has 10 nitrogen and oxygen atoms in total. The van der Waals surface area contributed by atoms with Crippen LogP contribution in [-0.2, 0) is 28.5 Å². The van der Waals surface area contributed by atoms with Crippen molar-refractivity contribution in [1.82, 2.24) is 5.32 Å². The summed E-state index contributed by atoms with van der Waals surface area (Å²) in [6.45, 7) is 2.85. The molecule has 0 aromatic heterocycles. The largest absolute Gasteiger partial charge is 0.479 e. The molecular formula is C33H33NO9. The van der Waals surface area contributed by atoms with Crippen LogP contribution in [0.1, 0.15) is 41.6 Å². The zero-order valence-corrected chi connectivity index (χ0v) is 23.7. The van der Waals surface area contributed by atoms with Crippen LogP contribution in [0.15, 0.2) is 91.0 Å². The van der Waals surface area contributed by atoms with E-state index in [9.17, 15) is 19.5 Å². The maximum atomic E-state index is 12.7. The molecule has 2 aliphatic heterocycles. The van der Waals surface area contributed by atoms with Gasteiger partial charge < -0.3 is 34.1 Å². The van der Waals surface area contributed by atoms with Gasteiger partial charge in [-0.05, 0) is 42.8 Å². The van der Waals surface area contributed by atoms with Gasteiger partial charge in [0, 0.05) is 18.1 Å². The third-order valence-electron chi connectivity index (χ3n) is 7.11. The Bertz CT molecular complexity index is 1430. The summed E-state index contributed by atoms with van der Waals surface area (Å²) >= 11 is 0. The first-order valence-corrected chi connectivity index (χ1v) is 14.0. The molecule has 2 heterocycles. The van der Waals surface area contributed by atoms with E-state index in [0.29, 0.717) is 11.3 Å². The molecule has 0 bridgehead atoms. The molecular weight excluding hydrogens is 554 g/mol. The zero-order valence-electron chi connectivity index (χ0n) is 23.7. The molecule has 3 aromatic carbocycles. The van der Waals surface area contributed by atoms with Crippen LogP contribution in [0.4, 0.5) is 0 Å². The molecule has 224 valence electrons. The van der Waals surface area contributed by atoms with Gasteiger partial charge in [0.1, 0.15) is 30.1 Å². The molecule has 5 rings (SSSR count). The van der Waals surface area contributed by atoms with Gasteiger partial charge in [-0.15, -0.1) is 0 Å². The summed E-state index contributed by atoms with van der Waals surface area (Å²) in [7, 11) is 0. The van der Waals surface area contributed by atoms with Gasteiger partial charge in [-0.3, -0.25) is 9.59 Å². The number of carboxylic acids is 1. The van der Waals surface area contributed by atoms with Gasteiger partial charge in [0.05, 0.1) is 6.61 Å². The Morgan fingerprint density at radius 3 is 2.28 bits per heavy atom. The quantitative estimate of drug-likeness (QED) is 0.265. The molecule has 2 saturated heterocycles. The number of aliphatic carboxylic acids is 1. The van der Waals surface area contributed by atoms with E-state index in [-0.39, 0.29) is 12.4 Å². The van der Waals surface area contributed by atoms with Crippen molar-refractivity contribution in [3.8, 4) is 5.75 Å². The minimum atomic E-state index is -1.21. The Morgan fingerprint density at radius 1 is 0.953 bits per heavy atom. The number of rotatable bonds is 10. The van der Waals surface area contributed by atoms with E-state index in [1.54, 1.807) is 30.3 Å². The van der Waals surface area contributed by atoms with Crippen molar-refractivity contribution in [2.45, 2.75) is 56.9 Å². The molecule has 0 spiro atoms. The molecule has 10 heteroatoms. The van der Waals surface area contributed by atoms with E-state index < -0.39 is 54.9 Å². The second kappa shape index (κ2) is 13.7. The molecule has 7 atom stereocenters. The predicted octanol–water partition coefficient (Wildman–Crippen LogP) is 4.16. The van der Waals surface area contributed by atoms with Crippen molar-refractivity contribution in [3.63, 3.8) is 0 Å². The highest BCUT2D eigenvalue weighted by Crippen LogP contribution is 2.36. The minimum Gasteiger partial charge on any atom is -0.479 e. The van der Waals surface area contributed by atoms with E-state index in [2.05, 4.69) is 5.32 Å². The Labute approximate surface area is 249 Å². The summed E-state index contributed by atoms with van der Waals surface area (Å²) in [4.78, 5) is 36.8. The van der Waals surface area contributed by atoms with Gasteiger partial charge in [-0.25, -0.2) is 4.79 Å². The zero-order chi connectivity index (χ0) is 30.3. The number of nitrogens with one attached hydrogen (secondary N) is 1. The van der Waals surface area contributed by atoms with Gasteiger partial charge in [-0.1, -0.05) is 66.7 Å². The highest BCUT2D eigenvalue weighted by Gasteiger charge is 2.52. The van der Waals surface area contributed by atoms with Crippen molar-refractivity contribution in [3.05, 3.63) is 108 Å². The molecule has 43 heavy (non-hydrogen) atoms. The molecule has 1 amide bonds. The summed E-state index contributed by atoms with van der Waals surface area (Å²) in [5.41, 5.74) is 2.14. The maximum Gasteiger partial charge on any atom is 0.332 e. The van der Waals surface area contributed by atoms with Crippen molar-refractivity contribution in [2.75, 3.05) is 6.61 Å². The number of allylic oxidation sites excluding steroid dienone is 1. The van der Waals surface area contributed by atoms with Gasteiger partial charge in [0.25, 0.3) is 0 Å². The SMILES string of the molecule is CC(=O)NC1C(Oc2ccc(C(=O)/C=C/c3ccccc3)cc2)OC2COC(c3ccccc3)OC2C1OC(C)C(=O)O. The molecule has 7 unspecified atom stereocenters. The number of hydrogen-bond acceptors (Lipinski definition) is 8. The number of amides is 1. The number of carbonyl (C=O) groups excluding carboxylic acids is 2. The maximum absolute atomic E-state index is 12.7. The number of hydrogen-bond donors (Lipinski definition) is 2. The standard InChI is InChI=1S/C33H33NO9/c1-20(31(37)38)40-30-28(34-21(2)35)33(42-27-19-39-32(43-29(27)30)24-11-7-4-8-12-24)41-25-16-14-23(15-17-25)26(36)18-13-22-9-5-3-6-10-22/h3-18,20,27-30,32-33H,19H2,1-2H3,(H,34,35)(H,37,38)/b18-13+. The van der Waals surface area contributed by atoms with Crippen molar-refractivity contribution in [2.24, 2.45) is 0 Å². The van der Waals surface area contributed by atoms with E-state index in [1.165, 1.54) is 19.9 Å². The number of benzene rings is 3. The average Bonchev–Trinajstić information content (AvgIpc) is 3.02.